The highest BCUT2D eigenvalue weighted by Gasteiger charge is 2.24. The van der Waals surface area contributed by atoms with Crippen molar-refractivity contribution < 1.29 is 4.74 Å². The molecule has 2 atom stereocenters. The lowest BCUT2D eigenvalue weighted by molar-refractivity contribution is 0.351. The molecule has 0 N–H and O–H groups in total. The molecule has 59 valence electrons. The van der Waals surface area contributed by atoms with Crippen LogP contribution in [0.3, 0.4) is 0 Å². The van der Waals surface area contributed by atoms with E-state index in [0.29, 0.717) is 6.10 Å². The van der Waals surface area contributed by atoms with Gasteiger partial charge in [-0.05, 0) is 12.3 Å². The Kier molecular flexibility index (Phi) is 3.20. The van der Waals surface area contributed by atoms with Crippen LogP contribution < -0.4 is 0 Å². The second kappa shape index (κ2) is 3.97. The zero-order chi connectivity index (χ0) is 7.40. The van der Waals surface area contributed by atoms with E-state index in [-0.39, 0.29) is 0 Å². The van der Waals surface area contributed by atoms with E-state index in [9.17, 15) is 0 Å². The van der Waals surface area contributed by atoms with Gasteiger partial charge in [-0.15, -0.1) is 0 Å². The van der Waals surface area contributed by atoms with Gasteiger partial charge in [0.05, 0.1) is 12.7 Å². The first kappa shape index (κ1) is 8.06. The monoisotopic (exact) mass is 141 g/mol. The highest BCUT2D eigenvalue weighted by Crippen LogP contribution is 2.22. The van der Waals surface area contributed by atoms with E-state index in [2.05, 4.69) is 13.8 Å². The smallest absolute Gasteiger partial charge is 0.0812 e. The Hall–Kier alpha value is -0.0400. The van der Waals surface area contributed by atoms with Gasteiger partial charge in [0.2, 0.25) is 0 Å². The number of hydrogen-bond donors (Lipinski definition) is 0. The average Bonchev–Trinajstić information content (AvgIpc) is 2.67. The van der Waals surface area contributed by atoms with Crippen LogP contribution in [0.15, 0.2) is 0 Å². The Balaban J connectivity index is 1.91. The molecule has 1 saturated heterocycles. The maximum Gasteiger partial charge on any atom is 0.0812 e. The van der Waals surface area contributed by atoms with Gasteiger partial charge in [-0.1, -0.05) is 33.1 Å². The van der Waals surface area contributed by atoms with E-state index in [0.717, 1.165) is 18.9 Å². The molecule has 0 aromatic carbocycles. The van der Waals surface area contributed by atoms with Gasteiger partial charge in [0.15, 0.2) is 0 Å². The van der Waals surface area contributed by atoms with E-state index in [1.807, 2.05) is 0 Å². The third-order valence-electron chi connectivity index (χ3n) is 2.01. The first-order valence-corrected chi connectivity index (χ1v) is 4.23. The first-order valence-electron chi connectivity index (χ1n) is 4.23. The van der Waals surface area contributed by atoms with Gasteiger partial charge < -0.3 is 4.74 Å². The molecular weight excluding hydrogens is 124 g/mol. The molecule has 1 fully saturated rings. The second-order valence-electron chi connectivity index (χ2n) is 3.29. The van der Waals surface area contributed by atoms with Crippen LogP contribution in [0.2, 0.25) is 0 Å². The Morgan fingerprint density at radius 2 is 2.40 bits per heavy atom. The van der Waals surface area contributed by atoms with Crippen molar-refractivity contribution in [1.29, 1.82) is 0 Å². The molecule has 1 aliphatic rings. The van der Waals surface area contributed by atoms with Crippen LogP contribution in [-0.2, 0) is 4.74 Å². The van der Waals surface area contributed by atoms with Gasteiger partial charge in [0, 0.05) is 0 Å². The van der Waals surface area contributed by atoms with Gasteiger partial charge in [0.25, 0.3) is 0 Å². The van der Waals surface area contributed by atoms with Gasteiger partial charge in [0.1, 0.15) is 0 Å². The summed E-state index contributed by atoms with van der Waals surface area (Å²) in [6.45, 7) is 7.13. The molecule has 0 spiro atoms. The Morgan fingerprint density at radius 3 is 2.90 bits per heavy atom. The fourth-order valence-electron chi connectivity index (χ4n) is 1.26. The number of hydrogen-bond acceptors (Lipinski definition) is 1. The van der Waals surface area contributed by atoms with E-state index in [1.54, 1.807) is 0 Å². The maximum absolute atomic E-state index is 5.14. The SMILES string of the molecule is [CH2]CCCC(C)CC1CO1. The summed E-state index contributed by atoms with van der Waals surface area (Å²) in [4.78, 5) is 0. The van der Waals surface area contributed by atoms with Crippen molar-refractivity contribution in [2.45, 2.75) is 38.7 Å². The third kappa shape index (κ3) is 3.21. The molecule has 0 bridgehead atoms. The highest BCUT2D eigenvalue weighted by atomic mass is 16.6. The number of ether oxygens (including phenoxy) is 1. The molecule has 2 unspecified atom stereocenters. The summed E-state index contributed by atoms with van der Waals surface area (Å²) < 4.78 is 5.14. The van der Waals surface area contributed by atoms with E-state index in [1.165, 1.54) is 19.3 Å². The number of epoxide rings is 1. The van der Waals surface area contributed by atoms with Crippen molar-refractivity contribution in [2.75, 3.05) is 6.61 Å². The number of unbranched alkanes of at least 4 members (excludes halogenated alkanes) is 1. The van der Waals surface area contributed by atoms with Crippen LogP contribution in [0.4, 0.5) is 0 Å². The van der Waals surface area contributed by atoms with E-state index in [4.69, 9.17) is 4.74 Å². The summed E-state index contributed by atoms with van der Waals surface area (Å²) in [5, 5.41) is 0. The molecule has 0 aromatic heterocycles. The molecule has 0 aliphatic carbocycles. The summed E-state index contributed by atoms with van der Waals surface area (Å²) >= 11 is 0. The zero-order valence-electron chi connectivity index (χ0n) is 6.81. The van der Waals surface area contributed by atoms with Crippen molar-refractivity contribution >= 4 is 0 Å². The summed E-state index contributed by atoms with van der Waals surface area (Å²) in [5.74, 6) is 0.842. The molecule has 0 saturated carbocycles. The zero-order valence-corrected chi connectivity index (χ0v) is 6.81. The summed E-state index contributed by atoms with van der Waals surface area (Å²) in [5.41, 5.74) is 0. The normalized spacial score (nSPS) is 26.4. The van der Waals surface area contributed by atoms with Crippen molar-refractivity contribution in [2.24, 2.45) is 5.92 Å². The lowest BCUT2D eigenvalue weighted by Gasteiger charge is -2.06. The van der Waals surface area contributed by atoms with Crippen LogP contribution in [0, 0.1) is 12.8 Å². The molecule has 1 rings (SSSR count). The minimum absolute atomic E-state index is 0.611. The Labute approximate surface area is 63.8 Å². The van der Waals surface area contributed by atoms with Crippen LogP contribution in [0.1, 0.15) is 32.6 Å². The molecule has 1 radical (unpaired) electrons. The van der Waals surface area contributed by atoms with Gasteiger partial charge in [-0.3, -0.25) is 0 Å². The predicted octanol–water partition coefficient (Wildman–Crippen LogP) is 2.42. The largest absolute Gasteiger partial charge is 0.373 e. The van der Waals surface area contributed by atoms with Crippen molar-refractivity contribution in [3.05, 3.63) is 6.92 Å². The molecular formula is C9H17O. The fraction of sp³-hybridized carbons (Fsp3) is 0.889. The highest BCUT2D eigenvalue weighted by molar-refractivity contribution is 4.71. The lowest BCUT2D eigenvalue weighted by atomic mass is 9.99. The standard InChI is InChI=1S/C9H17O/c1-3-4-5-8(2)6-9-7-10-9/h8-9H,1,3-7H2,2H3. The Morgan fingerprint density at radius 1 is 1.70 bits per heavy atom. The van der Waals surface area contributed by atoms with Crippen molar-refractivity contribution in [1.82, 2.24) is 0 Å². The molecule has 1 heterocycles. The molecule has 0 amide bonds. The number of rotatable bonds is 5. The first-order chi connectivity index (χ1) is 4.83. The van der Waals surface area contributed by atoms with Gasteiger partial charge in [-0.25, -0.2) is 0 Å². The minimum atomic E-state index is 0.611. The summed E-state index contributed by atoms with van der Waals surface area (Å²) in [7, 11) is 0. The van der Waals surface area contributed by atoms with Crippen LogP contribution in [-0.4, -0.2) is 12.7 Å². The molecule has 1 heteroatoms. The maximum atomic E-state index is 5.14. The van der Waals surface area contributed by atoms with Gasteiger partial charge >= 0.3 is 0 Å². The van der Waals surface area contributed by atoms with Crippen LogP contribution in [0.25, 0.3) is 0 Å². The molecule has 10 heavy (non-hydrogen) atoms. The third-order valence-corrected chi connectivity index (χ3v) is 2.01. The van der Waals surface area contributed by atoms with E-state index < -0.39 is 0 Å². The second-order valence-corrected chi connectivity index (χ2v) is 3.29. The Bertz CT molecular complexity index is 86.7. The average molecular weight is 141 g/mol. The van der Waals surface area contributed by atoms with Crippen molar-refractivity contribution in [3.8, 4) is 0 Å². The van der Waals surface area contributed by atoms with Crippen LogP contribution in [0.5, 0.6) is 0 Å². The minimum Gasteiger partial charge on any atom is -0.373 e. The molecule has 1 nitrogen and oxygen atoms in total. The topological polar surface area (TPSA) is 12.5 Å². The van der Waals surface area contributed by atoms with E-state index >= 15 is 0 Å². The van der Waals surface area contributed by atoms with Crippen LogP contribution >= 0.6 is 0 Å². The quantitative estimate of drug-likeness (QED) is 0.536. The molecule has 1 aliphatic heterocycles. The predicted molar refractivity (Wildman–Crippen MR) is 42.7 cm³/mol. The summed E-state index contributed by atoms with van der Waals surface area (Å²) in [6.07, 6.45) is 5.55. The van der Waals surface area contributed by atoms with Crippen molar-refractivity contribution in [3.63, 3.8) is 0 Å². The van der Waals surface area contributed by atoms with Gasteiger partial charge in [-0.2, -0.15) is 0 Å². The molecule has 0 aromatic rings. The fourth-order valence-corrected chi connectivity index (χ4v) is 1.26. The lowest BCUT2D eigenvalue weighted by Crippen LogP contribution is -1.98. The summed E-state index contributed by atoms with van der Waals surface area (Å²) in [6, 6.07) is 0.